The van der Waals surface area contributed by atoms with Crippen molar-refractivity contribution in [2.75, 3.05) is 15.5 Å². The number of ether oxygens (including phenoxy) is 1. The van der Waals surface area contributed by atoms with Crippen LogP contribution in [0.2, 0.25) is 0 Å². The molecular weight excluding hydrogens is 416 g/mol. The van der Waals surface area contributed by atoms with E-state index in [2.05, 4.69) is 9.71 Å². The molecule has 0 amide bonds. The van der Waals surface area contributed by atoms with Crippen molar-refractivity contribution < 1.29 is 23.4 Å². The third kappa shape index (κ3) is 6.04. The molecular formula is C19H27F2N5O3S. The van der Waals surface area contributed by atoms with Crippen molar-refractivity contribution in [1.82, 2.24) is 4.98 Å². The number of nitrogens with one attached hydrogen (secondary N) is 1. The Labute approximate surface area is 176 Å². The van der Waals surface area contributed by atoms with E-state index in [9.17, 15) is 17.2 Å². The van der Waals surface area contributed by atoms with E-state index in [0.29, 0.717) is 22.7 Å². The average molecular weight is 444 g/mol. The summed E-state index contributed by atoms with van der Waals surface area (Å²) in [5.41, 5.74) is 5.40. The van der Waals surface area contributed by atoms with Crippen molar-refractivity contribution in [2.24, 2.45) is 11.6 Å². The molecule has 0 saturated heterocycles. The fourth-order valence-corrected chi connectivity index (χ4v) is 3.68. The fourth-order valence-electron chi connectivity index (χ4n) is 2.55. The monoisotopic (exact) mass is 443 g/mol. The highest BCUT2D eigenvalue weighted by molar-refractivity contribution is 7.92. The van der Waals surface area contributed by atoms with E-state index in [-0.39, 0.29) is 19.0 Å². The number of anilines is 2. The minimum Gasteiger partial charge on any atom is -0.489 e. The number of rotatable bonds is 9. The second-order valence-corrected chi connectivity index (χ2v) is 8.59. The molecule has 166 valence electrons. The number of benzene rings is 1. The van der Waals surface area contributed by atoms with Crippen LogP contribution in [0.3, 0.4) is 0 Å². The zero-order valence-electron chi connectivity index (χ0n) is 16.9. The predicted molar refractivity (Wildman–Crippen MR) is 115 cm³/mol. The van der Waals surface area contributed by atoms with Gasteiger partial charge in [0.05, 0.1) is 29.4 Å². The summed E-state index contributed by atoms with van der Waals surface area (Å²) in [6.07, 6.45) is 4.29. The minimum atomic E-state index is -3.78. The van der Waals surface area contributed by atoms with E-state index < -0.39 is 33.0 Å². The summed E-state index contributed by atoms with van der Waals surface area (Å²) in [5.74, 6) is 3.91. The van der Waals surface area contributed by atoms with Gasteiger partial charge in [-0.05, 0) is 38.5 Å². The van der Waals surface area contributed by atoms with Crippen LogP contribution in [0.1, 0.15) is 34.2 Å². The Morgan fingerprint density at radius 2 is 2.07 bits per heavy atom. The van der Waals surface area contributed by atoms with Crippen LogP contribution in [0.5, 0.6) is 5.75 Å². The van der Waals surface area contributed by atoms with Gasteiger partial charge in [0, 0.05) is 19.4 Å². The van der Waals surface area contributed by atoms with E-state index in [0.717, 1.165) is 18.3 Å². The zero-order chi connectivity index (χ0) is 22.5. The van der Waals surface area contributed by atoms with Gasteiger partial charge in [-0.25, -0.2) is 23.0 Å². The lowest BCUT2D eigenvalue weighted by molar-refractivity contribution is 0.241. The topological polar surface area (TPSA) is 124 Å². The zero-order valence-corrected chi connectivity index (χ0v) is 17.7. The Morgan fingerprint density at radius 1 is 1.37 bits per heavy atom. The maximum atomic E-state index is 14.8. The first-order chi connectivity index (χ1) is 14.0. The fraction of sp³-hybridized carbons (Fsp3) is 0.316. The van der Waals surface area contributed by atoms with E-state index in [4.69, 9.17) is 16.3 Å². The van der Waals surface area contributed by atoms with Gasteiger partial charge in [0.15, 0.2) is 11.6 Å². The van der Waals surface area contributed by atoms with Crippen LogP contribution in [-0.4, -0.2) is 25.3 Å². The van der Waals surface area contributed by atoms with Gasteiger partial charge in [-0.3, -0.25) is 14.7 Å². The standard InChI is InChI=1S/C19H25F2N5O3S.H2/c1-4-7-30(27,28)25-17-6-5-15(20)19(18(17)21)26(23)11-16(22)13-8-14(10-24-9-13)29-12(2)3;/h5-6,8-12,25H,4,7,22-23H2,1-3H3;1H/b16-11-;. The molecule has 0 aliphatic carbocycles. The summed E-state index contributed by atoms with van der Waals surface area (Å²) < 4.78 is 60.6. The van der Waals surface area contributed by atoms with Gasteiger partial charge in [0.25, 0.3) is 0 Å². The van der Waals surface area contributed by atoms with Crippen molar-refractivity contribution >= 4 is 27.1 Å². The maximum absolute atomic E-state index is 14.8. The molecule has 2 rings (SSSR count). The molecule has 0 unspecified atom stereocenters. The smallest absolute Gasteiger partial charge is 0.232 e. The first-order valence-electron chi connectivity index (χ1n) is 9.15. The third-order valence-corrected chi connectivity index (χ3v) is 5.24. The van der Waals surface area contributed by atoms with Gasteiger partial charge in [-0.15, -0.1) is 0 Å². The number of sulfonamides is 1. The van der Waals surface area contributed by atoms with Crippen LogP contribution >= 0.6 is 0 Å². The van der Waals surface area contributed by atoms with Gasteiger partial charge in [0.2, 0.25) is 10.0 Å². The SMILES string of the molecule is CCCS(=O)(=O)Nc1ccc(F)c(N(N)/C=C(\N)c2cncc(OC(C)C)c2)c1F.[HH]. The van der Waals surface area contributed by atoms with Crippen molar-refractivity contribution in [3.8, 4) is 5.75 Å². The van der Waals surface area contributed by atoms with Crippen LogP contribution in [0.25, 0.3) is 5.70 Å². The second-order valence-electron chi connectivity index (χ2n) is 6.75. The van der Waals surface area contributed by atoms with Gasteiger partial charge >= 0.3 is 0 Å². The highest BCUT2D eigenvalue weighted by Crippen LogP contribution is 2.29. The van der Waals surface area contributed by atoms with Crippen LogP contribution in [-0.2, 0) is 10.0 Å². The summed E-state index contributed by atoms with van der Waals surface area (Å²) in [7, 11) is -3.78. The molecule has 11 heteroatoms. The molecule has 1 aromatic carbocycles. The molecule has 2 aromatic rings. The molecule has 1 aromatic heterocycles. The number of nitrogens with two attached hydrogens (primary N) is 2. The van der Waals surface area contributed by atoms with Crippen molar-refractivity contribution in [2.45, 2.75) is 33.3 Å². The minimum absolute atomic E-state index is 0. The number of aromatic nitrogens is 1. The number of hydrogen-bond acceptors (Lipinski definition) is 7. The lowest BCUT2D eigenvalue weighted by Crippen LogP contribution is -2.28. The summed E-state index contributed by atoms with van der Waals surface area (Å²) in [5, 5.41) is 0.646. The average Bonchev–Trinajstić information content (AvgIpc) is 2.63. The highest BCUT2D eigenvalue weighted by atomic mass is 32.2. The van der Waals surface area contributed by atoms with Gasteiger partial charge in [0.1, 0.15) is 11.4 Å². The highest BCUT2D eigenvalue weighted by Gasteiger charge is 2.20. The molecule has 0 saturated carbocycles. The van der Waals surface area contributed by atoms with E-state index in [1.165, 1.54) is 12.4 Å². The third-order valence-electron chi connectivity index (χ3n) is 3.76. The van der Waals surface area contributed by atoms with Crippen molar-refractivity contribution in [3.63, 3.8) is 0 Å². The van der Waals surface area contributed by atoms with Crippen molar-refractivity contribution in [3.05, 3.63) is 54.0 Å². The summed E-state index contributed by atoms with van der Waals surface area (Å²) >= 11 is 0. The molecule has 0 spiro atoms. The Hall–Kier alpha value is -2.92. The quantitative estimate of drug-likeness (QED) is 0.402. The first-order valence-corrected chi connectivity index (χ1v) is 10.8. The molecule has 8 nitrogen and oxygen atoms in total. The number of hydrazine groups is 1. The Morgan fingerprint density at radius 3 is 2.70 bits per heavy atom. The molecule has 0 aliphatic rings. The van der Waals surface area contributed by atoms with Crippen LogP contribution in [0, 0.1) is 11.6 Å². The van der Waals surface area contributed by atoms with Crippen LogP contribution in [0.4, 0.5) is 20.2 Å². The normalized spacial score (nSPS) is 12.2. The molecule has 30 heavy (non-hydrogen) atoms. The number of halogens is 2. The van der Waals surface area contributed by atoms with Gasteiger partial charge < -0.3 is 10.5 Å². The predicted octanol–water partition coefficient (Wildman–Crippen LogP) is 3.18. The van der Waals surface area contributed by atoms with E-state index in [1.807, 2.05) is 13.8 Å². The maximum Gasteiger partial charge on any atom is 0.232 e. The Bertz CT molecular complexity index is 1040. The van der Waals surface area contributed by atoms with Crippen LogP contribution < -0.4 is 26.0 Å². The van der Waals surface area contributed by atoms with Crippen LogP contribution in [0.15, 0.2) is 36.8 Å². The molecule has 1 heterocycles. The molecule has 5 N–H and O–H groups in total. The molecule has 0 radical (unpaired) electrons. The molecule has 0 atom stereocenters. The molecule has 0 fully saturated rings. The van der Waals surface area contributed by atoms with Gasteiger partial charge in [-0.1, -0.05) is 6.92 Å². The summed E-state index contributed by atoms with van der Waals surface area (Å²) in [6.45, 7) is 5.36. The van der Waals surface area contributed by atoms with E-state index >= 15 is 0 Å². The lowest BCUT2D eigenvalue weighted by atomic mass is 10.2. The van der Waals surface area contributed by atoms with Crippen molar-refractivity contribution in [1.29, 1.82) is 0 Å². The molecule has 0 aliphatic heterocycles. The number of hydrogen-bond donors (Lipinski definition) is 3. The van der Waals surface area contributed by atoms with Gasteiger partial charge in [-0.2, -0.15) is 0 Å². The summed E-state index contributed by atoms with van der Waals surface area (Å²) in [6, 6.07) is 3.50. The number of nitrogens with zero attached hydrogens (tertiary/aromatic N) is 2. The summed E-state index contributed by atoms with van der Waals surface area (Å²) in [4.78, 5) is 4.02. The molecule has 0 bridgehead atoms. The van der Waals surface area contributed by atoms with E-state index in [1.54, 1.807) is 13.0 Å². The second kappa shape index (κ2) is 9.72. The number of pyridine rings is 1. The first kappa shape index (κ1) is 23.4. The lowest BCUT2D eigenvalue weighted by Gasteiger charge is -2.19. The Kier molecular flexibility index (Phi) is 7.57. The largest absolute Gasteiger partial charge is 0.489 e. The Balaban J connectivity index is 0.00000480.